The molecule has 2 aromatic carbocycles. The summed E-state index contributed by atoms with van der Waals surface area (Å²) < 4.78 is 0. The molecular weight excluding hydrogens is 442 g/mol. The smallest absolute Gasteiger partial charge is 0.227 e. The molecular formula is C27H31N5OS. The molecule has 1 amide bonds. The number of piperidine rings is 1. The molecule has 2 saturated heterocycles. The van der Waals surface area contributed by atoms with Gasteiger partial charge in [0.15, 0.2) is 5.82 Å². The van der Waals surface area contributed by atoms with Gasteiger partial charge < -0.3 is 14.7 Å². The monoisotopic (exact) mass is 473 g/mol. The van der Waals surface area contributed by atoms with Gasteiger partial charge in [-0.25, -0.2) is 0 Å². The Labute approximate surface area is 206 Å². The zero-order valence-corrected chi connectivity index (χ0v) is 20.5. The van der Waals surface area contributed by atoms with Crippen molar-refractivity contribution < 1.29 is 4.79 Å². The van der Waals surface area contributed by atoms with Crippen LogP contribution >= 0.6 is 11.8 Å². The number of aryl methyl sites for hydroxylation is 1. The Hall–Kier alpha value is -3.06. The van der Waals surface area contributed by atoms with Crippen molar-refractivity contribution in [2.24, 2.45) is 5.92 Å². The van der Waals surface area contributed by atoms with Crippen molar-refractivity contribution in [1.29, 1.82) is 0 Å². The number of hydrogen-bond donors (Lipinski definition) is 0. The molecule has 0 radical (unpaired) electrons. The van der Waals surface area contributed by atoms with Gasteiger partial charge in [0.05, 0.1) is 5.92 Å². The zero-order chi connectivity index (χ0) is 23.3. The van der Waals surface area contributed by atoms with Crippen LogP contribution in [0.4, 0.5) is 11.5 Å². The summed E-state index contributed by atoms with van der Waals surface area (Å²) in [5.41, 5.74) is 2.49. The van der Waals surface area contributed by atoms with Crippen LogP contribution < -0.4 is 9.80 Å². The van der Waals surface area contributed by atoms with E-state index in [0.717, 1.165) is 67.8 Å². The first kappa shape index (κ1) is 22.7. The number of rotatable bonds is 5. The maximum absolute atomic E-state index is 13.3. The summed E-state index contributed by atoms with van der Waals surface area (Å²) >= 11 is 1.62. The van der Waals surface area contributed by atoms with Crippen LogP contribution in [0.5, 0.6) is 0 Å². The van der Waals surface area contributed by atoms with Crippen LogP contribution in [0.2, 0.25) is 0 Å². The molecule has 5 rings (SSSR count). The minimum absolute atomic E-state index is 0.0282. The van der Waals surface area contributed by atoms with Crippen molar-refractivity contribution in [3.63, 3.8) is 0 Å². The second kappa shape index (κ2) is 10.5. The lowest BCUT2D eigenvalue weighted by Crippen LogP contribution is -2.52. The standard InChI is InChI=1S/C27H31N5OS/c1-21-9-11-24(12-10-21)34-26-14-13-25(28-29-26)32-15-5-6-22(20-32)27(33)31-18-16-30(17-19-31)23-7-3-2-4-8-23/h2-4,7-14,22H,5-6,15-20H2,1H3/t22-/m1/s1. The minimum atomic E-state index is 0.0282. The average Bonchev–Trinajstić information content (AvgIpc) is 2.91. The summed E-state index contributed by atoms with van der Waals surface area (Å²) in [6.45, 7) is 7.07. The molecule has 2 aliphatic rings. The first-order valence-electron chi connectivity index (χ1n) is 12.1. The molecule has 176 valence electrons. The van der Waals surface area contributed by atoms with E-state index in [1.165, 1.54) is 11.3 Å². The summed E-state index contributed by atoms with van der Waals surface area (Å²) in [6, 6.07) is 23.0. The highest BCUT2D eigenvalue weighted by Crippen LogP contribution is 2.28. The normalized spacial score (nSPS) is 18.7. The van der Waals surface area contributed by atoms with Crippen molar-refractivity contribution >= 4 is 29.2 Å². The maximum Gasteiger partial charge on any atom is 0.227 e. The SMILES string of the molecule is Cc1ccc(Sc2ccc(N3CCC[C@@H](C(=O)N4CCN(c5ccccc5)CC4)C3)nn2)cc1. The number of aromatic nitrogens is 2. The lowest BCUT2D eigenvalue weighted by molar-refractivity contribution is -0.136. The van der Waals surface area contributed by atoms with Crippen LogP contribution in [-0.2, 0) is 4.79 Å². The highest BCUT2D eigenvalue weighted by molar-refractivity contribution is 7.99. The second-order valence-corrected chi connectivity index (χ2v) is 10.2. The largest absolute Gasteiger partial charge is 0.368 e. The molecule has 2 fully saturated rings. The Balaban J connectivity index is 1.16. The number of anilines is 2. The van der Waals surface area contributed by atoms with Gasteiger partial charge in [-0.15, -0.1) is 10.2 Å². The summed E-state index contributed by atoms with van der Waals surface area (Å²) in [6.07, 6.45) is 1.95. The Kier molecular flexibility index (Phi) is 7.00. The van der Waals surface area contributed by atoms with E-state index in [1.807, 2.05) is 18.2 Å². The molecule has 0 N–H and O–H groups in total. The highest BCUT2D eigenvalue weighted by Gasteiger charge is 2.31. The lowest BCUT2D eigenvalue weighted by Gasteiger charge is -2.40. The van der Waals surface area contributed by atoms with E-state index in [9.17, 15) is 4.79 Å². The number of carbonyl (C=O) groups excluding carboxylic acids is 1. The van der Waals surface area contributed by atoms with Gasteiger partial charge in [-0.1, -0.05) is 47.7 Å². The van der Waals surface area contributed by atoms with Gasteiger partial charge in [-0.3, -0.25) is 4.79 Å². The highest BCUT2D eigenvalue weighted by atomic mass is 32.2. The van der Waals surface area contributed by atoms with Gasteiger partial charge in [-0.2, -0.15) is 0 Å². The summed E-state index contributed by atoms with van der Waals surface area (Å²) in [5, 5.41) is 9.81. The molecule has 0 bridgehead atoms. The molecule has 0 aliphatic carbocycles. The first-order chi connectivity index (χ1) is 16.7. The van der Waals surface area contributed by atoms with Crippen molar-refractivity contribution in [3.05, 3.63) is 72.3 Å². The van der Waals surface area contributed by atoms with Gasteiger partial charge in [0, 0.05) is 49.9 Å². The molecule has 0 saturated carbocycles. The molecule has 1 aromatic heterocycles. The Morgan fingerprint density at radius 1 is 0.853 bits per heavy atom. The molecule has 1 atom stereocenters. The Bertz CT molecular complexity index is 1080. The van der Waals surface area contributed by atoms with Gasteiger partial charge in [0.2, 0.25) is 5.91 Å². The van der Waals surface area contributed by atoms with Gasteiger partial charge >= 0.3 is 0 Å². The molecule has 3 heterocycles. The molecule has 3 aromatic rings. The summed E-state index contributed by atoms with van der Waals surface area (Å²) in [7, 11) is 0. The quantitative estimate of drug-likeness (QED) is 0.544. The van der Waals surface area contributed by atoms with Crippen LogP contribution in [0, 0.1) is 12.8 Å². The topological polar surface area (TPSA) is 52.6 Å². The number of hydrogen-bond acceptors (Lipinski definition) is 6. The van der Waals surface area contributed by atoms with E-state index < -0.39 is 0 Å². The minimum Gasteiger partial charge on any atom is -0.368 e. The molecule has 2 aliphatic heterocycles. The number of amides is 1. The van der Waals surface area contributed by atoms with Crippen molar-refractivity contribution in [2.45, 2.75) is 29.7 Å². The predicted octanol–water partition coefficient (Wildman–Crippen LogP) is 4.50. The van der Waals surface area contributed by atoms with Crippen LogP contribution in [-0.4, -0.2) is 60.3 Å². The Morgan fingerprint density at radius 3 is 2.32 bits per heavy atom. The molecule has 0 spiro atoms. The van der Waals surface area contributed by atoms with E-state index in [-0.39, 0.29) is 11.8 Å². The van der Waals surface area contributed by atoms with Crippen molar-refractivity contribution in [3.8, 4) is 0 Å². The second-order valence-electron chi connectivity index (χ2n) is 9.08. The van der Waals surface area contributed by atoms with Gasteiger partial charge in [0.1, 0.15) is 5.03 Å². The van der Waals surface area contributed by atoms with Crippen molar-refractivity contribution in [2.75, 3.05) is 49.1 Å². The average molecular weight is 474 g/mol. The summed E-state index contributed by atoms with van der Waals surface area (Å²) in [4.78, 5) is 21.1. The molecule has 0 unspecified atom stereocenters. The van der Waals surface area contributed by atoms with Crippen LogP contribution in [0.3, 0.4) is 0 Å². The van der Waals surface area contributed by atoms with Gasteiger partial charge in [0.25, 0.3) is 0 Å². The van der Waals surface area contributed by atoms with Crippen LogP contribution in [0.15, 0.2) is 76.7 Å². The lowest BCUT2D eigenvalue weighted by atomic mass is 9.96. The third-order valence-corrected chi connectivity index (χ3v) is 7.61. The summed E-state index contributed by atoms with van der Waals surface area (Å²) in [5.74, 6) is 1.18. The zero-order valence-electron chi connectivity index (χ0n) is 19.6. The van der Waals surface area contributed by atoms with E-state index in [1.54, 1.807) is 11.8 Å². The molecule has 7 heteroatoms. The van der Waals surface area contributed by atoms with Crippen molar-refractivity contribution in [1.82, 2.24) is 15.1 Å². The maximum atomic E-state index is 13.3. The van der Waals surface area contributed by atoms with Gasteiger partial charge in [-0.05, 0) is 56.2 Å². The van der Waals surface area contributed by atoms with E-state index in [2.05, 4.69) is 80.4 Å². The molecule has 6 nitrogen and oxygen atoms in total. The van der Waals surface area contributed by atoms with E-state index in [4.69, 9.17) is 0 Å². The fourth-order valence-corrected chi connectivity index (χ4v) is 5.46. The number of piperazine rings is 1. The fourth-order valence-electron chi connectivity index (χ4n) is 4.73. The van der Waals surface area contributed by atoms with E-state index >= 15 is 0 Å². The molecule has 34 heavy (non-hydrogen) atoms. The predicted molar refractivity (Wildman–Crippen MR) is 138 cm³/mol. The third-order valence-electron chi connectivity index (χ3n) is 6.68. The number of nitrogens with zero attached hydrogens (tertiary/aromatic N) is 5. The number of para-hydroxylation sites is 1. The fraction of sp³-hybridized carbons (Fsp3) is 0.370. The Morgan fingerprint density at radius 2 is 1.62 bits per heavy atom. The van der Waals surface area contributed by atoms with Crippen LogP contribution in [0.25, 0.3) is 0 Å². The third kappa shape index (κ3) is 5.36. The van der Waals surface area contributed by atoms with E-state index in [0.29, 0.717) is 0 Å². The number of carbonyl (C=O) groups is 1. The first-order valence-corrected chi connectivity index (χ1v) is 12.9. The van der Waals surface area contributed by atoms with Crippen LogP contribution in [0.1, 0.15) is 18.4 Å². The number of benzene rings is 2.